The van der Waals surface area contributed by atoms with Crippen LogP contribution in [0.25, 0.3) is 0 Å². The summed E-state index contributed by atoms with van der Waals surface area (Å²) >= 11 is 0. The van der Waals surface area contributed by atoms with Crippen LogP contribution in [0.2, 0.25) is 0 Å². The molecule has 0 N–H and O–H groups in total. The number of ether oxygens (including phenoxy) is 1. The Balaban J connectivity index is 1.46. The molecule has 0 aromatic heterocycles. The van der Waals surface area contributed by atoms with Crippen molar-refractivity contribution in [3.63, 3.8) is 0 Å². The lowest BCUT2D eigenvalue weighted by Gasteiger charge is -2.36. The van der Waals surface area contributed by atoms with Crippen LogP contribution in [0.5, 0.6) is 0 Å². The number of hydrogen-bond acceptors (Lipinski definition) is 4. The SMILES string of the molecule is COC(=O)c1ccc(N2CCN(C(=O)c3ccccc3)CC2)cc1CCc1ccccc1. The third kappa shape index (κ3) is 4.99. The van der Waals surface area contributed by atoms with Gasteiger partial charge in [-0.05, 0) is 54.3 Å². The van der Waals surface area contributed by atoms with E-state index in [-0.39, 0.29) is 11.9 Å². The molecular formula is C27H28N2O3. The van der Waals surface area contributed by atoms with Crippen molar-refractivity contribution < 1.29 is 14.3 Å². The lowest BCUT2D eigenvalue weighted by Crippen LogP contribution is -2.48. The normalized spacial score (nSPS) is 13.7. The van der Waals surface area contributed by atoms with Crippen molar-refractivity contribution in [2.45, 2.75) is 12.8 Å². The maximum absolute atomic E-state index is 12.7. The van der Waals surface area contributed by atoms with Crippen LogP contribution < -0.4 is 4.90 Å². The first-order valence-electron chi connectivity index (χ1n) is 11.0. The van der Waals surface area contributed by atoms with Crippen LogP contribution in [0.4, 0.5) is 5.69 Å². The third-order valence-corrected chi connectivity index (χ3v) is 5.97. The molecule has 164 valence electrons. The molecule has 0 saturated carbocycles. The number of piperazine rings is 1. The summed E-state index contributed by atoms with van der Waals surface area (Å²) < 4.78 is 5.00. The summed E-state index contributed by atoms with van der Waals surface area (Å²) in [6.07, 6.45) is 1.61. The monoisotopic (exact) mass is 428 g/mol. The molecule has 0 atom stereocenters. The fraction of sp³-hybridized carbons (Fsp3) is 0.259. The summed E-state index contributed by atoms with van der Waals surface area (Å²) in [7, 11) is 1.42. The number of methoxy groups -OCH3 is 1. The van der Waals surface area contributed by atoms with Gasteiger partial charge in [0.2, 0.25) is 0 Å². The molecule has 1 amide bonds. The van der Waals surface area contributed by atoms with Gasteiger partial charge >= 0.3 is 5.97 Å². The summed E-state index contributed by atoms with van der Waals surface area (Å²) in [6, 6.07) is 25.6. The largest absolute Gasteiger partial charge is 0.465 e. The maximum Gasteiger partial charge on any atom is 0.338 e. The van der Waals surface area contributed by atoms with Crippen LogP contribution in [0.15, 0.2) is 78.9 Å². The van der Waals surface area contributed by atoms with Gasteiger partial charge in [-0.2, -0.15) is 0 Å². The molecule has 1 aliphatic rings. The van der Waals surface area contributed by atoms with E-state index in [0.717, 1.165) is 42.7 Å². The molecule has 1 heterocycles. The van der Waals surface area contributed by atoms with Crippen molar-refractivity contribution in [2.75, 3.05) is 38.2 Å². The van der Waals surface area contributed by atoms with E-state index in [1.54, 1.807) is 0 Å². The van der Waals surface area contributed by atoms with E-state index in [4.69, 9.17) is 4.74 Å². The summed E-state index contributed by atoms with van der Waals surface area (Å²) in [5, 5.41) is 0. The predicted octanol–water partition coefficient (Wildman–Crippen LogP) is 4.22. The van der Waals surface area contributed by atoms with Crippen molar-refractivity contribution >= 4 is 17.6 Å². The van der Waals surface area contributed by atoms with Gasteiger partial charge in [-0.1, -0.05) is 48.5 Å². The van der Waals surface area contributed by atoms with Crippen molar-refractivity contribution in [3.8, 4) is 0 Å². The standard InChI is InChI=1S/C27H28N2O3/c1-32-27(31)25-15-14-24(20-23(25)13-12-21-8-4-2-5-9-21)28-16-18-29(19-17-28)26(30)22-10-6-3-7-11-22/h2-11,14-15,20H,12-13,16-19H2,1H3. The molecule has 0 aliphatic carbocycles. The summed E-state index contributed by atoms with van der Waals surface area (Å²) in [6.45, 7) is 2.86. The van der Waals surface area contributed by atoms with Crippen molar-refractivity contribution in [3.05, 3.63) is 101 Å². The molecule has 5 nitrogen and oxygen atoms in total. The molecule has 0 unspecified atom stereocenters. The number of nitrogens with zero attached hydrogens (tertiary/aromatic N) is 2. The average molecular weight is 429 g/mol. The smallest absolute Gasteiger partial charge is 0.338 e. The second-order valence-electron chi connectivity index (χ2n) is 7.96. The topological polar surface area (TPSA) is 49.9 Å². The molecule has 1 aliphatic heterocycles. The van der Waals surface area contributed by atoms with Crippen LogP contribution in [-0.4, -0.2) is 50.1 Å². The zero-order valence-electron chi connectivity index (χ0n) is 18.4. The number of benzene rings is 3. The second kappa shape index (κ2) is 10.1. The van der Waals surface area contributed by atoms with Gasteiger partial charge in [0, 0.05) is 37.4 Å². The molecule has 1 fully saturated rings. The van der Waals surface area contributed by atoms with Crippen LogP contribution in [0, 0.1) is 0 Å². The van der Waals surface area contributed by atoms with E-state index < -0.39 is 0 Å². The lowest BCUT2D eigenvalue weighted by molar-refractivity contribution is 0.0599. The first-order chi connectivity index (χ1) is 15.7. The van der Waals surface area contributed by atoms with Crippen LogP contribution in [-0.2, 0) is 17.6 Å². The molecule has 1 saturated heterocycles. The van der Waals surface area contributed by atoms with Gasteiger partial charge in [-0.3, -0.25) is 4.79 Å². The molecule has 0 radical (unpaired) electrons. The number of amides is 1. The number of esters is 1. The molecule has 0 spiro atoms. The van der Waals surface area contributed by atoms with E-state index in [2.05, 4.69) is 23.1 Å². The Hall–Kier alpha value is -3.60. The van der Waals surface area contributed by atoms with Gasteiger partial charge in [0.25, 0.3) is 5.91 Å². The number of hydrogen-bond donors (Lipinski definition) is 0. The highest BCUT2D eigenvalue weighted by Gasteiger charge is 2.23. The number of anilines is 1. The maximum atomic E-state index is 12.7. The molecule has 3 aromatic carbocycles. The minimum Gasteiger partial charge on any atom is -0.465 e. The highest BCUT2D eigenvalue weighted by Crippen LogP contribution is 2.24. The van der Waals surface area contributed by atoms with Gasteiger partial charge < -0.3 is 14.5 Å². The Morgan fingerprint density at radius 2 is 1.47 bits per heavy atom. The third-order valence-electron chi connectivity index (χ3n) is 5.97. The highest BCUT2D eigenvalue weighted by atomic mass is 16.5. The Labute approximate surface area is 189 Å². The van der Waals surface area contributed by atoms with Crippen molar-refractivity contribution in [1.82, 2.24) is 4.90 Å². The first-order valence-corrected chi connectivity index (χ1v) is 11.0. The molecule has 32 heavy (non-hydrogen) atoms. The van der Waals surface area contributed by atoms with Gasteiger partial charge in [0.1, 0.15) is 0 Å². The lowest BCUT2D eigenvalue weighted by atomic mass is 9.98. The van der Waals surface area contributed by atoms with Gasteiger partial charge in [-0.15, -0.1) is 0 Å². The zero-order chi connectivity index (χ0) is 22.3. The number of carbonyl (C=O) groups excluding carboxylic acids is 2. The Kier molecular flexibility index (Phi) is 6.85. The van der Waals surface area contributed by atoms with E-state index in [9.17, 15) is 9.59 Å². The number of aryl methyl sites for hydroxylation is 2. The van der Waals surface area contributed by atoms with Crippen molar-refractivity contribution in [2.24, 2.45) is 0 Å². The van der Waals surface area contributed by atoms with E-state index >= 15 is 0 Å². The molecule has 5 heteroatoms. The van der Waals surface area contributed by atoms with E-state index in [0.29, 0.717) is 18.7 Å². The van der Waals surface area contributed by atoms with Gasteiger partial charge in [0.15, 0.2) is 0 Å². The van der Waals surface area contributed by atoms with E-state index in [1.165, 1.54) is 12.7 Å². The second-order valence-corrected chi connectivity index (χ2v) is 7.96. The van der Waals surface area contributed by atoms with Gasteiger partial charge in [0.05, 0.1) is 12.7 Å². The predicted molar refractivity (Wildman–Crippen MR) is 126 cm³/mol. The minimum atomic E-state index is -0.308. The van der Waals surface area contributed by atoms with Crippen molar-refractivity contribution in [1.29, 1.82) is 0 Å². The minimum absolute atomic E-state index is 0.0786. The zero-order valence-corrected chi connectivity index (χ0v) is 18.4. The molecule has 0 bridgehead atoms. The summed E-state index contributed by atoms with van der Waals surface area (Å²) in [5.74, 6) is -0.229. The average Bonchev–Trinajstić information content (AvgIpc) is 2.87. The molecule has 3 aromatic rings. The van der Waals surface area contributed by atoms with Gasteiger partial charge in [-0.25, -0.2) is 4.79 Å². The number of carbonyl (C=O) groups is 2. The first kappa shape index (κ1) is 21.6. The van der Waals surface area contributed by atoms with Crippen LogP contribution in [0.1, 0.15) is 31.8 Å². The fourth-order valence-electron chi connectivity index (χ4n) is 4.15. The quantitative estimate of drug-likeness (QED) is 0.552. The Bertz CT molecular complexity index is 1060. The highest BCUT2D eigenvalue weighted by molar-refractivity contribution is 5.94. The summed E-state index contributed by atoms with van der Waals surface area (Å²) in [4.78, 5) is 29.2. The molecular weight excluding hydrogens is 400 g/mol. The Morgan fingerprint density at radius 1 is 0.812 bits per heavy atom. The summed E-state index contributed by atoms with van der Waals surface area (Å²) in [5.41, 5.74) is 4.65. The number of rotatable bonds is 6. The van der Waals surface area contributed by atoms with Crippen LogP contribution in [0.3, 0.4) is 0 Å². The molecule has 4 rings (SSSR count). The Morgan fingerprint density at radius 3 is 2.12 bits per heavy atom. The van der Waals surface area contributed by atoms with E-state index in [1.807, 2.05) is 65.6 Å². The fourth-order valence-corrected chi connectivity index (χ4v) is 4.15. The van der Waals surface area contributed by atoms with Crippen LogP contribution >= 0.6 is 0 Å².